The number of aliphatic hydroxyl groups is 1. The molecule has 0 saturated carbocycles. The van der Waals surface area contributed by atoms with E-state index in [4.69, 9.17) is 4.74 Å². The van der Waals surface area contributed by atoms with Gasteiger partial charge in [0.25, 0.3) is 5.56 Å². The summed E-state index contributed by atoms with van der Waals surface area (Å²) in [6.07, 6.45) is 0.562. The van der Waals surface area contributed by atoms with Crippen molar-refractivity contribution >= 4 is 21.6 Å². The Kier molecular flexibility index (Phi) is 5.18. The molecule has 28 heavy (non-hydrogen) atoms. The zero-order valence-corrected chi connectivity index (χ0v) is 15.6. The van der Waals surface area contributed by atoms with Gasteiger partial charge in [0.05, 0.1) is 18.3 Å². The molecule has 142 valence electrons. The van der Waals surface area contributed by atoms with Gasteiger partial charge < -0.3 is 9.84 Å². The Morgan fingerprint density at radius 3 is 2.64 bits per heavy atom. The molecule has 2 heterocycles. The Bertz CT molecular complexity index is 1140. The number of para-hydroxylation sites is 1. The Balaban J connectivity index is 1.58. The first kappa shape index (κ1) is 18.3. The van der Waals surface area contributed by atoms with Gasteiger partial charge in [0.1, 0.15) is 29.1 Å². The zero-order valence-electron chi connectivity index (χ0n) is 14.8. The summed E-state index contributed by atoms with van der Waals surface area (Å²) in [5.74, 6) is 0.319. The highest BCUT2D eigenvalue weighted by atomic mass is 32.1. The summed E-state index contributed by atoms with van der Waals surface area (Å²) in [4.78, 5) is 17.9. The summed E-state index contributed by atoms with van der Waals surface area (Å²) in [6, 6.07) is 15.2. The van der Waals surface area contributed by atoms with Gasteiger partial charge in [-0.2, -0.15) is 0 Å². The first-order valence-electron chi connectivity index (χ1n) is 8.70. The molecule has 5 nitrogen and oxygen atoms in total. The van der Waals surface area contributed by atoms with E-state index in [0.717, 1.165) is 5.56 Å². The van der Waals surface area contributed by atoms with Crippen LogP contribution in [0, 0.1) is 5.82 Å². The minimum atomic E-state index is -0.870. The summed E-state index contributed by atoms with van der Waals surface area (Å²) in [5.41, 5.74) is 1.21. The van der Waals surface area contributed by atoms with Crippen molar-refractivity contribution in [1.29, 1.82) is 0 Å². The lowest BCUT2D eigenvalue weighted by atomic mass is 10.1. The van der Waals surface area contributed by atoms with E-state index in [1.807, 2.05) is 23.6 Å². The molecule has 0 aliphatic heterocycles. The maximum absolute atomic E-state index is 13.2. The van der Waals surface area contributed by atoms with E-state index in [2.05, 4.69) is 4.98 Å². The first-order valence-corrected chi connectivity index (χ1v) is 9.58. The maximum Gasteiger partial charge on any atom is 0.262 e. The summed E-state index contributed by atoms with van der Waals surface area (Å²) in [6.45, 7) is 0.121. The van der Waals surface area contributed by atoms with Gasteiger partial charge in [-0.1, -0.05) is 30.3 Å². The number of rotatable bonds is 6. The number of hydrogen-bond acceptors (Lipinski definition) is 5. The molecule has 0 saturated heterocycles. The summed E-state index contributed by atoms with van der Waals surface area (Å²) >= 11 is 1.36. The Hall–Kier alpha value is -3.03. The van der Waals surface area contributed by atoms with E-state index in [0.29, 0.717) is 21.5 Å². The van der Waals surface area contributed by atoms with E-state index in [-0.39, 0.29) is 24.5 Å². The van der Waals surface area contributed by atoms with Gasteiger partial charge >= 0.3 is 0 Å². The summed E-state index contributed by atoms with van der Waals surface area (Å²) in [5, 5.41) is 12.6. The Morgan fingerprint density at radius 1 is 1.14 bits per heavy atom. The third-order valence-electron chi connectivity index (χ3n) is 4.31. The molecule has 0 radical (unpaired) electrons. The summed E-state index contributed by atoms with van der Waals surface area (Å²) in [7, 11) is 0. The predicted molar refractivity (Wildman–Crippen MR) is 107 cm³/mol. The minimum absolute atomic E-state index is 0.0585. The number of aromatic nitrogens is 2. The molecule has 2 aromatic heterocycles. The van der Waals surface area contributed by atoms with Crippen molar-refractivity contribution in [3.63, 3.8) is 0 Å². The van der Waals surface area contributed by atoms with Gasteiger partial charge in [0, 0.05) is 10.9 Å². The number of ether oxygens (including phenoxy) is 1. The molecule has 0 bridgehead atoms. The van der Waals surface area contributed by atoms with E-state index in [1.54, 1.807) is 24.3 Å². The normalized spacial score (nSPS) is 12.2. The smallest absolute Gasteiger partial charge is 0.262 e. The van der Waals surface area contributed by atoms with Crippen molar-refractivity contribution in [2.45, 2.75) is 12.6 Å². The quantitative estimate of drug-likeness (QED) is 0.540. The standard InChI is InChI=1S/C21H17FN2O3S/c22-15-8-6-14(7-9-15)18-12-28-20-19(18)21(26)24(13-23-20)10-16(25)11-27-17-4-2-1-3-5-17/h1-9,12-13,16,25H,10-11H2/t16-/m1/s1. The molecule has 0 aliphatic rings. The van der Waals surface area contributed by atoms with Crippen LogP contribution >= 0.6 is 11.3 Å². The molecule has 1 N–H and O–H groups in total. The second-order valence-corrected chi connectivity index (χ2v) is 7.17. The van der Waals surface area contributed by atoms with Crippen LogP contribution in [0.2, 0.25) is 0 Å². The highest BCUT2D eigenvalue weighted by Gasteiger charge is 2.15. The lowest BCUT2D eigenvalue weighted by molar-refractivity contribution is 0.0915. The molecule has 0 fully saturated rings. The molecule has 0 unspecified atom stereocenters. The molecule has 0 aliphatic carbocycles. The van der Waals surface area contributed by atoms with Crippen LogP contribution in [0.25, 0.3) is 21.3 Å². The van der Waals surface area contributed by atoms with Crippen molar-refractivity contribution in [3.8, 4) is 16.9 Å². The van der Waals surface area contributed by atoms with E-state index in [1.165, 1.54) is 34.4 Å². The molecular weight excluding hydrogens is 379 g/mol. The molecule has 4 aromatic rings. The summed E-state index contributed by atoms with van der Waals surface area (Å²) < 4.78 is 20.1. The molecule has 2 aromatic carbocycles. The van der Waals surface area contributed by atoms with Crippen LogP contribution in [-0.4, -0.2) is 27.4 Å². The fourth-order valence-corrected chi connectivity index (χ4v) is 3.83. The van der Waals surface area contributed by atoms with E-state index < -0.39 is 6.10 Å². The fourth-order valence-electron chi connectivity index (χ4n) is 2.93. The van der Waals surface area contributed by atoms with Crippen LogP contribution in [0.1, 0.15) is 0 Å². The van der Waals surface area contributed by atoms with Gasteiger partial charge in [0.15, 0.2) is 0 Å². The number of hydrogen-bond donors (Lipinski definition) is 1. The van der Waals surface area contributed by atoms with E-state index >= 15 is 0 Å². The predicted octanol–water partition coefficient (Wildman–Crippen LogP) is 3.70. The third kappa shape index (κ3) is 3.81. The highest BCUT2D eigenvalue weighted by Crippen LogP contribution is 2.30. The van der Waals surface area contributed by atoms with Gasteiger partial charge in [-0.3, -0.25) is 9.36 Å². The van der Waals surface area contributed by atoms with Gasteiger partial charge in [-0.15, -0.1) is 11.3 Å². The van der Waals surface area contributed by atoms with E-state index in [9.17, 15) is 14.3 Å². The molecule has 0 spiro atoms. The average molecular weight is 396 g/mol. The van der Waals surface area contributed by atoms with Crippen LogP contribution < -0.4 is 10.3 Å². The number of fused-ring (bicyclic) bond motifs is 1. The van der Waals surface area contributed by atoms with Crippen molar-refractivity contribution in [2.75, 3.05) is 6.61 Å². The lowest BCUT2D eigenvalue weighted by Gasteiger charge is -2.14. The third-order valence-corrected chi connectivity index (χ3v) is 5.20. The first-order chi connectivity index (χ1) is 13.6. The van der Waals surface area contributed by atoms with Crippen LogP contribution in [0.15, 0.2) is 71.1 Å². The number of nitrogens with zero attached hydrogens (tertiary/aromatic N) is 2. The van der Waals surface area contributed by atoms with Crippen LogP contribution in [0.5, 0.6) is 5.75 Å². The number of thiophene rings is 1. The molecule has 1 atom stereocenters. The number of benzene rings is 2. The van der Waals surface area contributed by atoms with Gasteiger partial charge in [0.2, 0.25) is 0 Å². The monoisotopic (exact) mass is 396 g/mol. The molecule has 4 rings (SSSR count). The van der Waals surface area contributed by atoms with Crippen molar-refractivity contribution < 1.29 is 14.2 Å². The van der Waals surface area contributed by atoms with Gasteiger partial charge in [-0.25, -0.2) is 9.37 Å². The largest absolute Gasteiger partial charge is 0.491 e. The second kappa shape index (κ2) is 7.92. The van der Waals surface area contributed by atoms with Crippen LogP contribution in [-0.2, 0) is 6.54 Å². The van der Waals surface area contributed by atoms with Crippen molar-refractivity contribution in [3.05, 3.63) is 82.5 Å². The topological polar surface area (TPSA) is 64.4 Å². The molecular formula is C21H17FN2O3S. The fraction of sp³-hybridized carbons (Fsp3) is 0.143. The van der Waals surface area contributed by atoms with Crippen LogP contribution in [0.4, 0.5) is 4.39 Å². The highest BCUT2D eigenvalue weighted by molar-refractivity contribution is 7.17. The Morgan fingerprint density at radius 2 is 1.89 bits per heavy atom. The molecule has 0 amide bonds. The number of aliphatic hydroxyl groups excluding tert-OH is 1. The average Bonchev–Trinajstić information content (AvgIpc) is 3.15. The minimum Gasteiger partial charge on any atom is -0.491 e. The van der Waals surface area contributed by atoms with Crippen molar-refractivity contribution in [1.82, 2.24) is 9.55 Å². The second-order valence-electron chi connectivity index (χ2n) is 6.32. The zero-order chi connectivity index (χ0) is 19.5. The Labute approximate surface area is 164 Å². The van der Waals surface area contributed by atoms with Crippen molar-refractivity contribution in [2.24, 2.45) is 0 Å². The number of halogens is 1. The molecule has 7 heteroatoms. The van der Waals surface area contributed by atoms with Gasteiger partial charge in [-0.05, 0) is 29.8 Å². The SMILES string of the molecule is O=c1c2c(-c3ccc(F)cc3)csc2ncn1C[C@@H](O)COc1ccccc1. The maximum atomic E-state index is 13.2. The van der Waals surface area contributed by atoms with Crippen LogP contribution in [0.3, 0.4) is 0 Å². The lowest BCUT2D eigenvalue weighted by Crippen LogP contribution is -2.30.